The van der Waals surface area contributed by atoms with Crippen LogP contribution in [0.4, 0.5) is 11.4 Å². The van der Waals surface area contributed by atoms with Crippen molar-refractivity contribution in [1.82, 2.24) is 4.72 Å². The summed E-state index contributed by atoms with van der Waals surface area (Å²) in [6.07, 6.45) is 11.0. The second-order valence-electron chi connectivity index (χ2n) is 16.0. The maximum atomic E-state index is 13.4. The van der Waals surface area contributed by atoms with Crippen molar-refractivity contribution in [2.24, 2.45) is 5.92 Å². The molecule has 5 rings (SSSR count). The molecule has 0 saturated heterocycles. The first-order valence-corrected chi connectivity index (χ1v) is 23.5. The van der Waals surface area contributed by atoms with Crippen LogP contribution in [0.1, 0.15) is 108 Å². The fraction of sp³-hybridized carbons (Fsp3) is 0.404. The Balaban J connectivity index is 1.49. The van der Waals surface area contributed by atoms with Crippen LogP contribution in [0.5, 0.6) is 0 Å². The molecule has 314 valence electrons. The van der Waals surface area contributed by atoms with Gasteiger partial charge in [0.2, 0.25) is 10.0 Å². The van der Waals surface area contributed by atoms with Gasteiger partial charge in [0, 0.05) is 61.8 Å². The molecule has 0 saturated carbocycles. The highest BCUT2D eigenvalue weighted by atomic mass is 32.2. The minimum atomic E-state index is -3.61. The van der Waals surface area contributed by atoms with Gasteiger partial charge in [-0.15, -0.1) is 0 Å². The summed E-state index contributed by atoms with van der Waals surface area (Å²) in [6.45, 7) is 25.3. The number of benzene rings is 4. The van der Waals surface area contributed by atoms with Gasteiger partial charge in [-0.2, -0.15) is 0 Å². The number of aryl methyl sites for hydroxylation is 2. The summed E-state index contributed by atoms with van der Waals surface area (Å²) < 4.78 is 32.0. The summed E-state index contributed by atoms with van der Waals surface area (Å²) >= 11 is 0. The summed E-state index contributed by atoms with van der Waals surface area (Å²) in [5.41, 5.74) is 14.4. The van der Waals surface area contributed by atoms with Gasteiger partial charge < -0.3 is 9.80 Å². The quantitative estimate of drug-likeness (QED) is 0.0903. The van der Waals surface area contributed by atoms with Gasteiger partial charge in [0.15, 0.2) is 12.3 Å². The molecule has 0 aliphatic heterocycles. The molecule has 1 atom stereocenters. The first-order valence-electron chi connectivity index (χ1n) is 22.0. The molecule has 1 N–H and O–H groups in total. The van der Waals surface area contributed by atoms with E-state index in [1.165, 1.54) is 55.9 Å². The SMILES string of the molecule is CCCCC(CC)CNS(=O)(=O)c1cccc(C/[N+](CC)=C2C=C/C(=C(/c3ccc(N(CC)CC)cc3)c3ccc(N(CC)Cc4cccc(C)c4)cc3C)C(C)=C\2)c1. The standard InChI is InChI=1S/C52H69N4O2S/c1-10-16-20-42(11-2)36-53-59(57,58)49-23-18-22-44(35-49)38-56(15-6)48-29-31-51(41(9)34-48)52(45-24-26-46(27-25-45)54(12-3)13-4)50-30-28-47(33-40(50)8)55(14-5)37-43-21-17-19-39(7)32-43/h17-19,21-35,42,53H,10-16,20,36-38H2,1-9H3/q+1. The van der Waals surface area contributed by atoms with Crippen LogP contribution in [0.3, 0.4) is 0 Å². The minimum Gasteiger partial charge on any atom is -0.372 e. The van der Waals surface area contributed by atoms with Crippen molar-refractivity contribution >= 4 is 32.7 Å². The Hall–Kier alpha value is -4.72. The number of anilines is 2. The molecule has 7 heteroatoms. The van der Waals surface area contributed by atoms with Gasteiger partial charge in [-0.3, -0.25) is 0 Å². The minimum absolute atomic E-state index is 0.327. The van der Waals surface area contributed by atoms with E-state index in [-0.39, 0.29) is 0 Å². The van der Waals surface area contributed by atoms with Crippen molar-refractivity contribution in [3.63, 3.8) is 0 Å². The highest BCUT2D eigenvalue weighted by Crippen LogP contribution is 2.37. The molecule has 0 aromatic heterocycles. The lowest BCUT2D eigenvalue weighted by atomic mass is 9.85. The lowest BCUT2D eigenvalue weighted by Crippen LogP contribution is -2.29. The van der Waals surface area contributed by atoms with Crippen molar-refractivity contribution in [1.29, 1.82) is 0 Å². The van der Waals surface area contributed by atoms with Gasteiger partial charge >= 0.3 is 0 Å². The molecule has 1 aliphatic rings. The first-order chi connectivity index (χ1) is 28.4. The molecular weight excluding hydrogens is 745 g/mol. The fourth-order valence-corrected chi connectivity index (χ4v) is 9.41. The Morgan fingerprint density at radius 1 is 0.746 bits per heavy atom. The van der Waals surface area contributed by atoms with Gasteiger partial charge in [0.25, 0.3) is 0 Å². The molecule has 0 amide bonds. The van der Waals surface area contributed by atoms with Crippen LogP contribution in [-0.4, -0.2) is 51.4 Å². The van der Waals surface area contributed by atoms with Crippen molar-refractivity contribution in [2.45, 2.75) is 106 Å². The molecule has 4 aromatic rings. The number of sulfonamides is 1. The number of rotatable bonds is 20. The number of nitrogens with zero attached hydrogens (tertiary/aromatic N) is 3. The zero-order chi connectivity index (χ0) is 42.5. The van der Waals surface area contributed by atoms with E-state index in [0.717, 1.165) is 69.7 Å². The van der Waals surface area contributed by atoms with Gasteiger partial charge in [-0.25, -0.2) is 17.7 Å². The number of hydrogen-bond donors (Lipinski definition) is 1. The fourth-order valence-electron chi connectivity index (χ4n) is 8.22. The van der Waals surface area contributed by atoms with Crippen LogP contribution in [0.2, 0.25) is 0 Å². The zero-order valence-electron chi connectivity index (χ0n) is 37.3. The summed E-state index contributed by atoms with van der Waals surface area (Å²) in [7, 11) is -3.61. The third kappa shape index (κ3) is 11.7. The van der Waals surface area contributed by atoms with Crippen LogP contribution in [0.15, 0.2) is 125 Å². The highest BCUT2D eigenvalue weighted by Gasteiger charge is 2.22. The predicted octanol–water partition coefficient (Wildman–Crippen LogP) is 11.7. The summed E-state index contributed by atoms with van der Waals surface area (Å²) in [5, 5.41) is 0. The Labute approximate surface area is 357 Å². The maximum Gasteiger partial charge on any atom is 0.240 e. The second kappa shape index (κ2) is 21.5. The summed E-state index contributed by atoms with van der Waals surface area (Å²) in [4.78, 5) is 5.16. The normalized spacial score (nSPS) is 15.2. The lowest BCUT2D eigenvalue weighted by molar-refractivity contribution is -0.539. The lowest BCUT2D eigenvalue weighted by Gasteiger charge is -2.26. The third-order valence-corrected chi connectivity index (χ3v) is 13.3. The molecule has 0 bridgehead atoms. The Bertz CT molecular complexity index is 2260. The van der Waals surface area contributed by atoms with E-state index in [4.69, 9.17) is 0 Å². The number of hydrogen-bond acceptors (Lipinski definition) is 4. The molecule has 6 nitrogen and oxygen atoms in total. The van der Waals surface area contributed by atoms with Crippen molar-refractivity contribution in [3.8, 4) is 0 Å². The average molecular weight is 814 g/mol. The average Bonchev–Trinajstić information content (AvgIpc) is 3.24. The molecule has 59 heavy (non-hydrogen) atoms. The molecular formula is C52H69N4O2S+. The molecule has 0 heterocycles. The molecule has 4 aromatic carbocycles. The molecule has 1 unspecified atom stereocenters. The van der Waals surface area contributed by atoms with Crippen molar-refractivity contribution < 1.29 is 13.0 Å². The van der Waals surface area contributed by atoms with E-state index < -0.39 is 10.0 Å². The van der Waals surface area contributed by atoms with E-state index in [2.05, 4.69) is 166 Å². The van der Waals surface area contributed by atoms with Crippen molar-refractivity contribution in [2.75, 3.05) is 42.5 Å². The highest BCUT2D eigenvalue weighted by molar-refractivity contribution is 7.89. The van der Waals surface area contributed by atoms with Crippen molar-refractivity contribution in [3.05, 3.63) is 154 Å². The first kappa shape index (κ1) is 45.4. The Morgan fingerprint density at radius 3 is 2.07 bits per heavy atom. The predicted molar refractivity (Wildman–Crippen MR) is 252 cm³/mol. The van der Waals surface area contributed by atoms with E-state index in [1.54, 1.807) is 6.07 Å². The number of allylic oxidation sites excluding steroid dienone is 5. The molecule has 1 aliphatic carbocycles. The largest absolute Gasteiger partial charge is 0.372 e. The summed E-state index contributed by atoms with van der Waals surface area (Å²) in [5.74, 6) is 0.350. The van der Waals surface area contributed by atoms with E-state index >= 15 is 0 Å². The Morgan fingerprint density at radius 2 is 1.44 bits per heavy atom. The number of unbranched alkanes of at least 4 members (excludes halogenated alkanes) is 1. The Kier molecular flexibility index (Phi) is 16.5. The second-order valence-corrected chi connectivity index (χ2v) is 17.8. The zero-order valence-corrected chi connectivity index (χ0v) is 38.1. The van der Waals surface area contributed by atoms with Crippen LogP contribution >= 0.6 is 0 Å². The summed E-state index contributed by atoms with van der Waals surface area (Å²) in [6, 6.07) is 32.2. The molecule has 0 radical (unpaired) electrons. The van der Waals surface area contributed by atoms with Gasteiger partial charge in [0.1, 0.15) is 6.54 Å². The van der Waals surface area contributed by atoms with E-state index in [0.29, 0.717) is 23.9 Å². The third-order valence-electron chi connectivity index (χ3n) is 11.9. The van der Waals surface area contributed by atoms with Gasteiger partial charge in [0.05, 0.1) is 4.90 Å². The van der Waals surface area contributed by atoms with Gasteiger partial charge in [-0.05, 0) is 142 Å². The molecule has 0 fully saturated rings. The van der Waals surface area contributed by atoms with E-state index in [9.17, 15) is 8.42 Å². The van der Waals surface area contributed by atoms with E-state index in [1.807, 2.05) is 18.2 Å². The smallest absolute Gasteiger partial charge is 0.240 e. The number of nitrogens with one attached hydrogen (secondary N) is 1. The molecule has 0 spiro atoms. The maximum absolute atomic E-state index is 13.4. The van der Waals surface area contributed by atoms with Crippen LogP contribution in [0, 0.1) is 19.8 Å². The monoisotopic (exact) mass is 814 g/mol. The van der Waals surface area contributed by atoms with Crippen LogP contribution in [0.25, 0.3) is 5.57 Å². The van der Waals surface area contributed by atoms with Crippen LogP contribution < -0.4 is 14.5 Å². The topological polar surface area (TPSA) is 55.7 Å². The van der Waals surface area contributed by atoms with Gasteiger partial charge in [-0.1, -0.05) is 93.3 Å². The van der Waals surface area contributed by atoms with Crippen LogP contribution in [-0.2, 0) is 23.1 Å².